The van der Waals surface area contributed by atoms with E-state index in [1.165, 1.54) is 12.1 Å². The Morgan fingerprint density at radius 1 is 1.21 bits per heavy atom. The molecule has 0 saturated heterocycles. The molecule has 0 aromatic heterocycles. The van der Waals surface area contributed by atoms with Gasteiger partial charge in [0.1, 0.15) is 5.82 Å². The summed E-state index contributed by atoms with van der Waals surface area (Å²) in [6, 6.07) is 11.5. The number of halogens is 2. The van der Waals surface area contributed by atoms with Gasteiger partial charge in [-0.1, -0.05) is 11.6 Å². The van der Waals surface area contributed by atoms with E-state index in [1.807, 2.05) is 6.07 Å². The van der Waals surface area contributed by atoms with Crippen molar-refractivity contribution in [1.82, 2.24) is 0 Å². The molecule has 2 rings (SSSR count). The Labute approximate surface area is 115 Å². The molecule has 3 N–H and O–H groups in total. The molecule has 0 atom stereocenters. The van der Waals surface area contributed by atoms with E-state index < -0.39 is 5.82 Å². The lowest BCUT2D eigenvalue weighted by atomic mass is 10.1. The van der Waals surface area contributed by atoms with Gasteiger partial charge in [0.05, 0.1) is 12.5 Å². The molecule has 0 radical (unpaired) electrons. The molecular weight excluding hydrogens is 265 g/mol. The first-order valence-corrected chi connectivity index (χ1v) is 5.95. The fourth-order valence-electron chi connectivity index (χ4n) is 1.71. The summed E-state index contributed by atoms with van der Waals surface area (Å²) in [5.74, 6) is -0.414. The van der Waals surface area contributed by atoms with Crippen molar-refractivity contribution in [2.24, 2.45) is 0 Å². The highest BCUT2D eigenvalue weighted by Crippen LogP contribution is 2.24. The summed E-state index contributed by atoms with van der Waals surface area (Å²) < 4.78 is 13.2. The minimum atomic E-state index is -0.414. The molecule has 0 aliphatic heterocycles. The van der Waals surface area contributed by atoms with Crippen LogP contribution in [0.1, 0.15) is 5.56 Å². The van der Waals surface area contributed by atoms with Gasteiger partial charge < -0.3 is 11.1 Å². The number of rotatable bonds is 3. The van der Waals surface area contributed by atoms with Crippen LogP contribution in [0.15, 0.2) is 36.4 Å². The van der Waals surface area contributed by atoms with Crippen molar-refractivity contribution in [1.29, 1.82) is 5.26 Å². The van der Waals surface area contributed by atoms with Crippen LogP contribution in [0.2, 0.25) is 5.02 Å². The van der Waals surface area contributed by atoms with Gasteiger partial charge in [-0.15, -0.1) is 0 Å². The SMILES string of the molecule is N#CCc1cc(Nc2cc(F)cc(Cl)c2)ccc1N. The van der Waals surface area contributed by atoms with Crippen LogP contribution >= 0.6 is 11.6 Å². The van der Waals surface area contributed by atoms with Gasteiger partial charge in [-0.05, 0) is 42.0 Å². The minimum Gasteiger partial charge on any atom is -0.398 e. The monoisotopic (exact) mass is 275 g/mol. The normalized spacial score (nSPS) is 9.95. The zero-order valence-corrected chi connectivity index (χ0v) is 10.7. The van der Waals surface area contributed by atoms with E-state index in [0.29, 0.717) is 16.4 Å². The average Bonchev–Trinajstić information content (AvgIpc) is 2.32. The first-order valence-electron chi connectivity index (χ1n) is 5.57. The van der Waals surface area contributed by atoms with Gasteiger partial charge in [0.25, 0.3) is 0 Å². The van der Waals surface area contributed by atoms with E-state index in [4.69, 9.17) is 22.6 Å². The maximum atomic E-state index is 13.2. The van der Waals surface area contributed by atoms with Gasteiger partial charge >= 0.3 is 0 Å². The van der Waals surface area contributed by atoms with Gasteiger partial charge in [0, 0.05) is 22.1 Å². The summed E-state index contributed by atoms with van der Waals surface area (Å²) in [4.78, 5) is 0. The van der Waals surface area contributed by atoms with Crippen LogP contribution in [0.5, 0.6) is 0 Å². The fourth-order valence-corrected chi connectivity index (χ4v) is 1.94. The Balaban J connectivity index is 2.28. The first-order chi connectivity index (χ1) is 9.08. The Morgan fingerprint density at radius 2 is 2.00 bits per heavy atom. The molecule has 0 fully saturated rings. The Morgan fingerprint density at radius 3 is 2.68 bits per heavy atom. The molecular formula is C14H11ClFN3. The molecule has 2 aromatic carbocycles. The number of benzene rings is 2. The van der Waals surface area contributed by atoms with Crippen LogP contribution in [0.3, 0.4) is 0 Å². The molecule has 0 amide bonds. The number of nitrogen functional groups attached to an aromatic ring is 1. The molecule has 5 heteroatoms. The minimum absolute atomic E-state index is 0.227. The van der Waals surface area contributed by atoms with Crippen LogP contribution in [0.25, 0.3) is 0 Å². The molecule has 3 nitrogen and oxygen atoms in total. The van der Waals surface area contributed by atoms with E-state index in [-0.39, 0.29) is 6.42 Å². The zero-order chi connectivity index (χ0) is 13.8. The number of nitrogens with two attached hydrogens (primary N) is 1. The van der Waals surface area contributed by atoms with Crippen LogP contribution in [-0.4, -0.2) is 0 Å². The van der Waals surface area contributed by atoms with Gasteiger partial charge in [-0.3, -0.25) is 0 Å². The van der Waals surface area contributed by atoms with E-state index in [2.05, 4.69) is 5.32 Å². The van der Waals surface area contributed by atoms with Crippen molar-refractivity contribution in [3.8, 4) is 6.07 Å². The lowest BCUT2D eigenvalue weighted by Gasteiger charge is -2.09. The van der Waals surface area contributed by atoms with Crippen molar-refractivity contribution in [3.63, 3.8) is 0 Å². The molecule has 2 aromatic rings. The highest BCUT2D eigenvalue weighted by atomic mass is 35.5. The van der Waals surface area contributed by atoms with Gasteiger partial charge in [-0.2, -0.15) is 5.26 Å². The Bertz CT molecular complexity index is 629. The number of anilines is 3. The fraction of sp³-hybridized carbons (Fsp3) is 0.0714. The average molecular weight is 276 g/mol. The quantitative estimate of drug-likeness (QED) is 0.836. The zero-order valence-electron chi connectivity index (χ0n) is 9.95. The van der Waals surface area contributed by atoms with E-state index in [1.54, 1.807) is 24.3 Å². The van der Waals surface area contributed by atoms with E-state index >= 15 is 0 Å². The molecule has 0 aliphatic carbocycles. The number of nitrogens with one attached hydrogen (secondary N) is 1. The molecule has 0 aliphatic rings. The third kappa shape index (κ3) is 3.36. The van der Waals surface area contributed by atoms with Crippen molar-refractivity contribution < 1.29 is 4.39 Å². The topological polar surface area (TPSA) is 61.8 Å². The predicted octanol–water partition coefficient (Wildman–Crippen LogP) is 3.87. The first kappa shape index (κ1) is 13.2. The molecule has 0 unspecified atom stereocenters. The van der Waals surface area contributed by atoms with Crippen molar-refractivity contribution >= 4 is 28.7 Å². The lowest BCUT2D eigenvalue weighted by molar-refractivity contribution is 0.628. The van der Waals surface area contributed by atoms with Crippen LogP contribution < -0.4 is 11.1 Å². The van der Waals surface area contributed by atoms with Crippen LogP contribution in [0, 0.1) is 17.1 Å². The molecule has 0 bridgehead atoms. The third-order valence-corrected chi connectivity index (χ3v) is 2.78. The van der Waals surface area contributed by atoms with Gasteiger partial charge in [0.2, 0.25) is 0 Å². The van der Waals surface area contributed by atoms with Crippen molar-refractivity contribution in [2.45, 2.75) is 6.42 Å². The summed E-state index contributed by atoms with van der Waals surface area (Å²) >= 11 is 5.78. The molecule has 19 heavy (non-hydrogen) atoms. The smallest absolute Gasteiger partial charge is 0.126 e. The highest BCUT2D eigenvalue weighted by Gasteiger charge is 2.03. The van der Waals surface area contributed by atoms with Crippen molar-refractivity contribution in [3.05, 3.63) is 52.8 Å². The molecule has 0 spiro atoms. The highest BCUT2D eigenvalue weighted by molar-refractivity contribution is 6.30. The van der Waals surface area contributed by atoms with Gasteiger partial charge in [-0.25, -0.2) is 4.39 Å². The maximum Gasteiger partial charge on any atom is 0.126 e. The number of hydrogen-bond acceptors (Lipinski definition) is 3. The Kier molecular flexibility index (Phi) is 3.88. The summed E-state index contributed by atoms with van der Waals surface area (Å²) in [7, 11) is 0. The molecule has 0 heterocycles. The van der Waals surface area contributed by atoms with Gasteiger partial charge in [0.15, 0.2) is 0 Å². The largest absolute Gasteiger partial charge is 0.398 e. The second kappa shape index (κ2) is 5.59. The van der Waals surface area contributed by atoms with Crippen LogP contribution in [0.4, 0.5) is 21.5 Å². The second-order valence-electron chi connectivity index (χ2n) is 4.03. The molecule has 96 valence electrons. The maximum absolute atomic E-state index is 13.2. The number of hydrogen-bond donors (Lipinski definition) is 2. The molecule has 0 saturated carbocycles. The lowest BCUT2D eigenvalue weighted by Crippen LogP contribution is -1.97. The van der Waals surface area contributed by atoms with E-state index in [9.17, 15) is 4.39 Å². The summed E-state index contributed by atoms with van der Waals surface area (Å²) in [6.07, 6.45) is 0.227. The summed E-state index contributed by atoms with van der Waals surface area (Å²) in [5, 5.41) is 12.0. The standard InChI is InChI=1S/C14H11ClFN3/c15-10-6-11(16)8-13(7-10)19-12-1-2-14(18)9(5-12)3-4-17/h1-2,5-8,19H,3,18H2. The van der Waals surface area contributed by atoms with E-state index in [0.717, 1.165) is 11.3 Å². The third-order valence-electron chi connectivity index (χ3n) is 2.56. The second-order valence-corrected chi connectivity index (χ2v) is 4.47. The number of nitriles is 1. The van der Waals surface area contributed by atoms with Crippen molar-refractivity contribution in [2.75, 3.05) is 11.1 Å². The van der Waals surface area contributed by atoms with Crippen LogP contribution in [-0.2, 0) is 6.42 Å². The summed E-state index contributed by atoms with van der Waals surface area (Å²) in [5.41, 5.74) is 8.31. The summed E-state index contributed by atoms with van der Waals surface area (Å²) in [6.45, 7) is 0. The number of nitrogens with zero attached hydrogens (tertiary/aromatic N) is 1. The predicted molar refractivity (Wildman–Crippen MR) is 74.9 cm³/mol. The Hall–Kier alpha value is -2.25.